The molecule has 0 atom stereocenters. The Balaban J connectivity index is 1.84. The number of halogens is 1. The Hall–Kier alpha value is -2.43. The second-order valence-corrected chi connectivity index (χ2v) is 8.14. The van der Waals surface area contributed by atoms with Crippen molar-refractivity contribution in [2.45, 2.75) is 33.6 Å². The maximum absolute atomic E-state index is 6.23. The summed E-state index contributed by atoms with van der Waals surface area (Å²) >= 11 is 6.23. The van der Waals surface area contributed by atoms with Gasteiger partial charge in [0, 0.05) is 23.5 Å². The van der Waals surface area contributed by atoms with Crippen LogP contribution in [0.3, 0.4) is 0 Å². The third-order valence-corrected chi connectivity index (χ3v) is 5.55. The third-order valence-electron chi connectivity index (χ3n) is 5.32. The van der Waals surface area contributed by atoms with E-state index in [-0.39, 0.29) is 0 Å². The first-order valence-corrected chi connectivity index (χ1v) is 11.1. The summed E-state index contributed by atoms with van der Waals surface area (Å²) in [6, 6.07) is 14.4. The predicted octanol–water partition coefficient (Wildman–Crippen LogP) is 6.33. The van der Waals surface area contributed by atoms with Crippen LogP contribution >= 0.6 is 11.6 Å². The fourth-order valence-electron chi connectivity index (χ4n) is 3.36. The molecule has 1 N–H and O–H groups in total. The standard InChI is InChI=1S/C25H31ClN4/c1-5-30(6-2)16-15-27-25-22-17-21(26)12-13-23(22)28-24(29-25)14-9-19-7-10-20(11-8-19)18(3)4/h7-14,17-18H,5-6,15-16H2,1-4H3,(H,27,28,29). The van der Waals surface area contributed by atoms with Crippen LogP contribution in [0.4, 0.5) is 5.82 Å². The van der Waals surface area contributed by atoms with E-state index in [1.165, 1.54) is 5.56 Å². The molecule has 0 spiro atoms. The summed E-state index contributed by atoms with van der Waals surface area (Å²) in [5.74, 6) is 2.04. The van der Waals surface area contributed by atoms with E-state index in [4.69, 9.17) is 21.6 Å². The second-order valence-electron chi connectivity index (χ2n) is 7.70. The zero-order valence-electron chi connectivity index (χ0n) is 18.3. The topological polar surface area (TPSA) is 41.0 Å². The average Bonchev–Trinajstić information content (AvgIpc) is 2.75. The molecule has 1 aromatic heterocycles. The molecule has 0 aliphatic carbocycles. The van der Waals surface area contributed by atoms with Crippen molar-refractivity contribution in [3.8, 4) is 0 Å². The van der Waals surface area contributed by atoms with Gasteiger partial charge in [0.15, 0.2) is 5.82 Å². The van der Waals surface area contributed by atoms with Crippen molar-refractivity contribution in [1.82, 2.24) is 14.9 Å². The van der Waals surface area contributed by atoms with E-state index in [1.807, 2.05) is 24.3 Å². The number of aromatic nitrogens is 2. The van der Waals surface area contributed by atoms with E-state index in [0.717, 1.165) is 48.5 Å². The van der Waals surface area contributed by atoms with Crippen molar-refractivity contribution in [2.75, 3.05) is 31.5 Å². The molecule has 3 rings (SSSR count). The highest BCUT2D eigenvalue weighted by molar-refractivity contribution is 6.31. The monoisotopic (exact) mass is 422 g/mol. The van der Waals surface area contributed by atoms with Gasteiger partial charge >= 0.3 is 0 Å². The van der Waals surface area contributed by atoms with Crippen molar-refractivity contribution in [3.05, 3.63) is 64.4 Å². The van der Waals surface area contributed by atoms with Gasteiger partial charge in [0.05, 0.1) is 5.52 Å². The highest BCUT2D eigenvalue weighted by Crippen LogP contribution is 2.25. The number of benzene rings is 2. The van der Waals surface area contributed by atoms with Crippen LogP contribution in [0.15, 0.2) is 42.5 Å². The summed E-state index contributed by atoms with van der Waals surface area (Å²) in [5, 5.41) is 5.12. The van der Waals surface area contributed by atoms with Crippen molar-refractivity contribution in [3.63, 3.8) is 0 Å². The molecule has 0 unspecified atom stereocenters. The number of rotatable bonds is 9. The molecule has 0 bridgehead atoms. The number of hydrogen-bond donors (Lipinski definition) is 1. The summed E-state index contributed by atoms with van der Waals surface area (Å²) in [6.07, 6.45) is 4.02. The summed E-state index contributed by atoms with van der Waals surface area (Å²) in [7, 11) is 0. The molecule has 30 heavy (non-hydrogen) atoms. The van der Waals surface area contributed by atoms with E-state index in [9.17, 15) is 0 Å². The molecule has 158 valence electrons. The van der Waals surface area contributed by atoms with E-state index in [1.54, 1.807) is 0 Å². The molecule has 5 heteroatoms. The van der Waals surface area contributed by atoms with Crippen LogP contribution in [0.2, 0.25) is 5.02 Å². The Labute approximate surface area is 185 Å². The molecule has 0 aliphatic rings. The van der Waals surface area contributed by atoms with Crippen LogP contribution in [0.5, 0.6) is 0 Å². The Morgan fingerprint density at radius 3 is 2.40 bits per heavy atom. The van der Waals surface area contributed by atoms with Gasteiger partial charge < -0.3 is 10.2 Å². The van der Waals surface area contributed by atoms with Crippen molar-refractivity contribution < 1.29 is 0 Å². The normalized spacial score (nSPS) is 11.8. The second kappa shape index (κ2) is 10.6. The Morgan fingerprint density at radius 2 is 1.73 bits per heavy atom. The van der Waals surface area contributed by atoms with E-state index in [0.29, 0.717) is 16.8 Å². The van der Waals surface area contributed by atoms with E-state index < -0.39 is 0 Å². The van der Waals surface area contributed by atoms with Gasteiger partial charge in [0.25, 0.3) is 0 Å². The summed E-state index contributed by atoms with van der Waals surface area (Å²) in [5.41, 5.74) is 3.36. The quantitative estimate of drug-likeness (QED) is 0.437. The van der Waals surface area contributed by atoms with Gasteiger partial charge in [-0.15, -0.1) is 0 Å². The summed E-state index contributed by atoms with van der Waals surface area (Å²) in [6.45, 7) is 12.6. The van der Waals surface area contributed by atoms with Crippen LogP contribution in [0.25, 0.3) is 23.1 Å². The summed E-state index contributed by atoms with van der Waals surface area (Å²) < 4.78 is 0. The lowest BCUT2D eigenvalue weighted by atomic mass is 10.0. The minimum absolute atomic E-state index is 0.531. The Bertz CT molecular complexity index is 992. The van der Waals surface area contributed by atoms with Gasteiger partial charge in [-0.1, -0.05) is 69.6 Å². The Morgan fingerprint density at radius 1 is 1.00 bits per heavy atom. The molecule has 0 radical (unpaired) electrons. The van der Waals surface area contributed by atoms with Crippen LogP contribution in [-0.4, -0.2) is 41.0 Å². The lowest BCUT2D eigenvalue weighted by Gasteiger charge is -2.18. The molecule has 1 heterocycles. The fourth-order valence-corrected chi connectivity index (χ4v) is 3.54. The first kappa shape index (κ1) is 22.3. The molecule has 3 aromatic rings. The minimum atomic E-state index is 0.531. The number of likely N-dealkylation sites (N-methyl/N-ethyl adjacent to an activating group) is 1. The molecule has 2 aromatic carbocycles. The molecule has 0 saturated heterocycles. The number of fused-ring (bicyclic) bond motifs is 1. The SMILES string of the molecule is CCN(CC)CCNc1nc(C=Cc2ccc(C(C)C)cc2)nc2ccc(Cl)cc12. The maximum atomic E-state index is 6.23. The van der Waals surface area contributed by atoms with Gasteiger partial charge in [-0.3, -0.25) is 0 Å². The van der Waals surface area contributed by atoms with Gasteiger partial charge in [-0.2, -0.15) is 0 Å². The number of nitrogens with one attached hydrogen (secondary N) is 1. The third kappa shape index (κ3) is 5.80. The average molecular weight is 423 g/mol. The number of nitrogens with zero attached hydrogens (tertiary/aromatic N) is 3. The van der Waals surface area contributed by atoms with Crippen molar-refractivity contribution >= 4 is 40.5 Å². The zero-order valence-corrected chi connectivity index (χ0v) is 19.1. The zero-order chi connectivity index (χ0) is 21.5. The van der Waals surface area contributed by atoms with E-state index in [2.05, 4.69) is 68.3 Å². The summed E-state index contributed by atoms with van der Waals surface area (Å²) in [4.78, 5) is 11.9. The molecular formula is C25H31ClN4. The highest BCUT2D eigenvalue weighted by Gasteiger charge is 2.08. The van der Waals surface area contributed by atoms with Crippen LogP contribution < -0.4 is 5.32 Å². The maximum Gasteiger partial charge on any atom is 0.154 e. The van der Waals surface area contributed by atoms with Gasteiger partial charge in [0.2, 0.25) is 0 Å². The smallest absolute Gasteiger partial charge is 0.154 e. The van der Waals surface area contributed by atoms with E-state index >= 15 is 0 Å². The first-order valence-electron chi connectivity index (χ1n) is 10.7. The minimum Gasteiger partial charge on any atom is -0.368 e. The highest BCUT2D eigenvalue weighted by atomic mass is 35.5. The fraction of sp³-hybridized carbons (Fsp3) is 0.360. The first-order chi connectivity index (χ1) is 14.5. The largest absolute Gasteiger partial charge is 0.368 e. The Kier molecular flexibility index (Phi) is 7.83. The molecule has 0 amide bonds. The van der Waals surface area contributed by atoms with Gasteiger partial charge in [0.1, 0.15) is 5.82 Å². The van der Waals surface area contributed by atoms with Gasteiger partial charge in [-0.05, 0) is 54.4 Å². The number of hydrogen-bond acceptors (Lipinski definition) is 4. The molecule has 0 fully saturated rings. The van der Waals surface area contributed by atoms with Crippen LogP contribution in [0.1, 0.15) is 50.6 Å². The van der Waals surface area contributed by atoms with Crippen molar-refractivity contribution in [2.24, 2.45) is 0 Å². The van der Waals surface area contributed by atoms with Crippen LogP contribution in [-0.2, 0) is 0 Å². The lowest BCUT2D eigenvalue weighted by Crippen LogP contribution is -2.28. The molecule has 4 nitrogen and oxygen atoms in total. The lowest BCUT2D eigenvalue weighted by molar-refractivity contribution is 0.316. The molecule has 0 aliphatic heterocycles. The van der Waals surface area contributed by atoms with Crippen LogP contribution in [0, 0.1) is 0 Å². The molecule has 0 saturated carbocycles. The molecular weight excluding hydrogens is 392 g/mol. The van der Waals surface area contributed by atoms with Crippen molar-refractivity contribution in [1.29, 1.82) is 0 Å². The predicted molar refractivity (Wildman–Crippen MR) is 130 cm³/mol. The van der Waals surface area contributed by atoms with Gasteiger partial charge in [-0.25, -0.2) is 9.97 Å². The number of anilines is 1.